The molecule has 0 unspecified atom stereocenters. The summed E-state index contributed by atoms with van der Waals surface area (Å²) in [4.78, 5) is 20.8. The van der Waals surface area contributed by atoms with Crippen LogP contribution in [0.25, 0.3) is 0 Å². The molecule has 1 N–H and O–H groups in total. The second-order valence-corrected chi connectivity index (χ2v) is 6.98. The zero-order valence-electron chi connectivity index (χ0n) is 14.8. The van der Waals surface area contributed by atoms with Gasteiger partial charge >= 0.3 is 6.03 Å². The summed E-state index contributed by atoms with van der Waals surface area (Å²) in [5.41, 5.74) is 0.927. The summed E-state index contributed by atoms with van der Waals surface area (Å²) >= 11 is 3.39. The van der Waals surface area contributed by atoms with E-state index in [9.17, 15) is 4.79 Å². The smallest absolute Gasteiger partial charge is 0.317 e. The van der Waals surface area contributed by atoms with Crippen LogP contribution in [-0.2, 0) is 6.54 Å². The number of aromatic nitrogens is 1. The minimum Gasteiger partial charge on any atom is -0.479 e. The first-order valence-electron chi connectivity index (χ1n) is 8.63. The Bertz CT molecular complexity index is 814. The van der Waals surface area contributed by atoms with E-state index in [-0.39, 0.29) is 12.6 Å². The van der Waals surface area contributed by atoms with Crippen molar-refractivity contribution in [1.29, 1.82) is 5.26 Å². The van der Waals surface area contributed by atoms with E-state index < -0.39 is 0 Å². The van der Waals surface area contributed by atoms with Crippen LogP contribution in [0.5, 0.6) is 5.75 Å². The zero-order valence-corrected chi connectivity index (χ0v) is 16.4. The number of nitrogens with zero attached hydrogens (tertiary/aromatic N) is 4. The fourth-order valence-electron chi connectivity index (χ4n) is 2.84. The van der Waals surface area contributed by atoms with Gasteiger partial charge in [0.05, 0.1) is 0 Å². The summed E-state index contributed by atoms with van der Waals surface area (Å²) < 4.78 is 6.23. The number of carbonyl (C=O) groups is 1. The summed E-state index contributed by atoms with van der Waals surface area (Å²) in [7, 11) is 0. The number of nitrogens with one attached hydrogen (secondary N) is 1. The Morgan fingerprint density at radius 2 is 2.07 bits per heavy atom. The van der Waals surface area contributed by atoms with Gasteiger partial charge in [0.1, 0.15) is 17.6 Å². The SMILES string of the molecule is N#CCOc1cccc(CNC(=O)N2CCN(c3ccc(Br)cn3)CC2)c1. The normalized spacial score (nSPS) is 13.8. The van der Waals surface area contributed by atoms with Gasteiger partial charge in [0, 0.05) is 43.4 Å². The Morgan fingerprint density at radius 3 is 2.78 bits per heavy atom. The molecule has 7 nitrogen and oxygen atoms in total. The summed E-state index contributed by atoms with van der Waals surface area (Å²) in [6.45, 7) is 3.22. The minimum atomic E-state index is -0.0817. The third kappa shape index (κ3) is 5.34. The number of piperazine rings is 1. The maximum atomic E-state index is 12.4. The predicted molar refractivity (Wildman–Crippen MR) is 106 cm³/mol. The van der Waals surface area contributed by atoms with Crippen molar-refractivity contribution < 1.29 is 9.53 Å². The van der Waals surface area contributed by atoms with Crippen molar-refractivity contribution in [3.63, 3.8) is 0 Å². The maximum absolute atomic E-state index is 12.4. The van der Waals surface area contributed by atoms with Gasteiger partial charge in [-0.3, -0.25) is 0 Å². The fourth-order valence-corrected chi connectivity index (χ4v) is 3.08. The second-order valence-electron chi connectivity index (χ2n) is 6.06. The highest BCUT2D eigenvalue weighted by Gasteiger charge is 2.21. The molecule has 0 spiro atoms. The standard InChI is InChI=1S/C19H20BrN5O2/c20-16-4-5-18(22-14-16)24-7-9-25(10-8-24)19(26)23-13-15-2-1-3-17(12-15)27-11-6-21/h1-5,12,14H,7-11,13H2,(H,23,26). The molecule has 1 aliphatic heterocycles. The molecule has 0 radical (unpaired) electrons. The molecule has 0 bridgehead atoms. The second kappa shape index (κ2) is 9.24. The van der Waals surface area contributed by atoms with E-state index in [1.807, 2.05) is 41.3 Å². The van der Waals surface area contributed by atoms with Gasteiger partial charge in [-0.1, -0.05) is 12.1 Å². The predicted octanol–water partition coefficient (Wildman–Crippen LogP) is 2.78. The maximum Gasteiger partial charge on any atom is 0.317 e. The largest absolute Gasteiger partial charge is 0.479 e. The number of halogens is 1. The Labute approximate surface area is 166 Å². The van der Waals surface area contributed by atoms with E-state index in [2.05, 4.69) is 31.1 Å². The van der Waals surface area contributed by atoms with E-state index in [4.69, 9.17) is 10.00 Å². The van der Waals surface area contributed by atoms with Gasteiger partial charge in [0.2, 0.25) is 0 Å². The van der Waals surface area contributed by atoms with E-state index in [1.54, 1.807) is 12.3 Å². The van der Waals surface area contributed by atoms with Crippen LogP contribution in [0.3, 0.4) is 0 Å². The van der Waals surface area contributed by atoms with E-state index >= 15 is 0 Å². The number of benzene rings is 1. The van der Waals surface area contributed by atoms with Crippen LogP contribution in [0.4, 0.5) is 10.6 Å². The number of ether oxygens (including phenoxy) is 1. The van der Waals surface area contributed by atoms with E-state index in [1.165, 1.54) is 0 Å². The van der Waals surface area contributed by atoms with Crippen LogP contribution in [0.1, 0.15) is 5.56 Å². The molecular weight excluding hydrogens is 410 g/mol. The zero-order chi connectivity index (χ0) is 19.1. The molecule has 1 saturated heterocycles. The van der Waals surface area contributed by atoms with Crippen molar-refractivity contribution in [3.8, 4) is 11.8 Å². The molecule has 2 amide bonds. The monoisotopic (exact) mass is 429 g/mol. The van der Waals surface area contributed by atoms with Crippen molar-refractivity contribution in [1.82, 2.24) is 15.2 Å². The third-order valence-corrected chi connectivity index (χ3v) is 4.72. The van der Waals surface area contributed by atoms with E-state index in [0.717, 1.165) is 28.9 Å². The molecule has 1 aromatic heterocycles. The minimum absolute atomic E-state index is 0.00726. The highest BCUT2D eigenvalue weighted by Crippen LogP contribution is 2.17. The van der Waals surface area contributed by atoms with Crippen molar-refractivity contribution in [2.45, 2.75) is 6.54 Å². The quantitative estimate of drug-likeness (QED) is 0.789. The Morgan fingerprint density at radius 1 is 1.26 bits per heavy atom. The molecule has 140 valence electrons. The number of carbonyl (C=O) groups excluding carboxylic acids is 1. The molecule has 1 fully saturated rings. The summed E-state index contributed by atoms with van der Waals surface area (Å²) in [5.74, 6) is 1.55. The molecule has 27 heavy (non-hydrogen) atoms. The van der Waals surface area contributed by atoms with Crippen molar-refractivity contribution in [2.75, 3.05) is 37.7 Å². The Hall–Kier alpha value is -2.79. The number of nitriles is 1. The molecule has 2 aromatic rings. The topological polar surface area (TPSA) is 81.5 Å². The van der Waals surface area contributed by atoms with Crippen LogP contribution >= 0.6 is 15.9 Å². The van der Waals surface area contributed by atoms with Gasteiger partial charge in [-0.15, -0.1) is 0 Å². The number of urea groups is 1. The van der Waals surface area contributed by atoms with Crippen molar-refractivity contribution in [3.05, 3.63) is 52.6 Å². The summed E-state index contributed by atoms with van der Waals surface area (Å²) in [5, 5.41) is 11.5. The molecular formula is C19H20BrN5O2. The Balaban J connectivity index is 1.47. The molecule has 2 heterocycles. The fraction of sp³-hybridized carbons (Fsp3) is 0.316. The van der Waals surface area contributed by atoms with Crippen molar-refractivity contribution in [2.24, 2.45) is 0 Å². The molecule has 0 aliphatic carbocycles. The molecule has 8 heteroatoms. The van der Waals surface area contributed by atoms with Gasteiger partial charge in [-0.25, -0.2) is 9.78 Å². The molecule has 0 saturated carbocycles. The lowest BCUT2D eigenvalue weighted by Crippen LogP contribution is -2.51. The Kier molecular flexibility index (Phi) is 6.49. The molecule has 1 aromatic carbocycles. The van der Waals surface area contributed by atoms with Gasteiger partial charge in [-0.2, -0.15) is 5.26 Å². The number of pyridine rings is 1. The third-order valence-electron chi connectivity index (χ3n) is 4.25. The van der Waals surface area contributed by atoms with Crippen molar-refractivity contribution >= 4 is 27.8 Å². The lowest BCUT2D eigenvalue weighted by Gasteiger charge is -2.35. The highest BCUT2D eigenvalue weighted by atomic mass is 79.9. The number of amides is 2. The van der Waals surface area contributed by atoms with Crippen LogP contribution in [-0.4, -0.2) is 48.7 Å². The lowest BCUT2D eigenvalue weighted by molar-refractivity contribution is 0.194. The van der Waals surface area contributed by atoms with Gasteiger partial charge in [0.25, 0.3) is 0 Å². The number of anilines is 1. The number of rotatable bonds is 5. The molecule has 3 rings (SSSR count). The first kappa shape index (κ1) is 19.0. The first-order valence-corrected chi connectivity index (χ1v) is 9.43. The number of hydrogen-bond acceptors (Lipinski definition) is 5. The number of hydrogen-bond donors (Lipinski definition) is 1. The average molecular weight is 430 g/mol. The lowest BCUT2D eigenvalue weighted by atomic mass is 10.2. The van der Waals surface area contributed by atoms with E-state index in [0.29, 0.717) is 25.4 Å². The van der Waals surface area contributed by atoms with Crippen LogP contribution in [0, 0.1) is 11.3 Å². The van der Waals surface area contributed by atoms with Gasteiger partial charge in [0.15, 0.2) is 6.61 Å². The average Bonchev–Trinajstić information content (AvgIpc) is 2.71. The summed E-state index contributed by atoms with van der Waals surface area (Å²) in [6, 6.07) is 13.2. The van der Waals surface area contributed by atoms with Crippen LogP contribution < -0.4 is 15.0 Å². The van der Waals surface area contributed by atoms with Crippen LogP contribution in [0.15, 0.2) is 47.1 Å². The molecule has 0 atom stereocenters. The summed E-state index contributed by atoms with van der Waals surface area (Å²) in [6.07, 6.45) is 1.78. The molecule has 1 aliphatic rings. The van der Waals surface area contributed by atoms with Gasteiger partial charge < -0.3 is 19.9 Å². The first-order chi connectivity index (χ1) is 13.2. The highest BCUT2D eigenvalue weighted by molar-refractivity contribution is 9.10. The van der Waals surface area contributed by atoms with Gasteiger partial charge in [-0.05, 0) is 45.8 Å². The van der Waals surface area contributed by atoms with Crippen LogP contribution in [0.2, 0.25) is 0 Å².